The molecule has 0 radical (unpaired) electrons. The van der Waals surface area contributed by atoms with Crippen molar-refractivity contribution in [3.63, 3.8) is 0 Å². The molecule has 0 saturated heterocycles. The van der Waals surface area contributed by atoms with Crippen LogP contribution >= 0.6 is 38.5 Å². The molecule has 1 heterocycles. The highest BCUT2D eigenvalue weighted by molar-refractivity contribution is 14.1. The molecule has 2 rings (SSSR count). The van der Waals surface area contributed by atoms with E-state index in [4.69, 9.17) is 0 Å². The van der Waals surface area contributed by atoms with E-state index in [0.717, 1.165) is 12.1 Å². The second kappa shape index (κ2) is 4.34. The van der Waals surface area contributed by atoms with Gasteiger partial charge < -0.3 is 0 Å². The van der Waals surface area contributed by atoms with Crippen molar-refractivity contribution in [1.29, 1.82) is 0 Å². The fourth-order valence-electron chi connectivity index (χ4n) is 1.33. The molecular formula is C10H3BrF4IN. The van der Waals surface area contributed by atoms with Gasteiger partial charge in [-0.3, -0.25) is 0 Å². The van der Waals surface area contributed by atoms with Crippen LogP contribution in [0, 0.1) is 9.39 Å². The molecule has 1 aromatic heterocycles. The Morgan fingerprint density at radius 1 is 1.18 bits per heavy atom. The van der Waals surface area contributed by atoms with Crippen LogP contribution in [0.2, 0.25) is 0 Å². The first-order valence-electron chi connectivity index (χ1n) is 4.31. The van der Waals surface area contributed by atoms with Gasteiger partial charge in [-0.1, -0.05) is 15.9 Å². The predicted molar refractivity (Wildman–Crippen MR) is 67.1 cm³/mol. The number of hydrogen-bond acceptors (Lipinski definition) is 1. The second-order valence-corrected chi connectivity index (χ2v) is 5.29. The summed E-state index contributed by atoms with van der Waals surface area (Å²) in [5.41, 5.74) is -0.892. The molecule has 0 fully saturated rings. The highest BCUT2D eigenvalue weighted by Crippen LogP contribution is 2.33. The molecular weight excluding hydrogens is 417 g/mol. The number of halogens is 6. The predicted octanol–water partition coefficient (Wildman–Crippen LogP) is 4.76. The SMILES string of the molecule is Fc1cc2c(Br)cc(C(F)(F)F)nc2cc1I. The number of nitrogens with zero attached hydrogens (tertiary/aromatic N) is 1. The van der Waals surface area contributed by atoms with E-state index in [1.54, 1.807) is 22.6 Å². The van der Waals surface area contributed by atoms with Crippen molar-refractivity contribution in [2.45, 2.75) is 6.18 Å². The van der Waals surface area contributed by atoms with Gasteiger partial charge >= 0.3 is 6.18 Å². The smallest absolute Gasteiger partial charge is 0.243 e. The van der Waals surface area contributed by atoms with E-state index in [9.17, 15) is 17.6 Å². The van der Waals surface area contributed by atoms with E-state index in [0.29, 0.717) is 5.39 Å². The minimum absolute atomic E-state index is 0.109. The average Bonchev–Trinajstić information content (AvgIpc) is 2.19. The monoisotopic (exact) mass is 419 g/mol. The summed E-state index contributed by atoms with van der Waals surface area (Å²) in [5.74, 6) is -0.486. The molecule has 0 aliphatic rings. The molecule has 1 aromatic carbocycles. The minimum Gasteiger partial charge on any atom is -0.243 e. The Kier molecular flexibility index (Phi) is 3.32. The zero-order chi connectivity index (χ0) is 12.8. The normalized spacial score (nSPS) is 12.1. The lowest BCUT2D eigenvalue weighted by molar-refractivity contribution is -0.141. The highest BCUT2D eigenvalue weighted by Gasteiger charge is 2.33. The Labute approximate surface area is 115 Å². The van der Waals surface area contributed by atoms with Crippen LogP contribution in [-0.4, -0.2) is 4.98 Å². The van der Waals surface area contributed by atoms with Crippen LogP contribution < -0.4 is 0 Å². The Bertz CT molecular complexity index is 597. The van der Waals surface area contributed by atoms with Crippen molar-refractivity contribution in [2.24, 2.45) is 0 Å². The zero-order valence-electron chi connectivity index (χ0n) is 7.95. The molecule has 0 unspecified atom stereocenters. The third-order valence-electron chi connectivity index (χ3n) is 2.09. The van der Waals surface area contributed by atoms with Gasteiger partial charge in [-0.2, -0.15) is 13.2 Å². The molecule has 0 aliphatic heterocycles. The number of pyridine rings is 1. The maximum Gasteiger partial charge on any atom is 0.433 e. The van der Waals surface area contributed by atoms with Crippen LogP contribution in [0.3, 0.4) is 0 Å². The highest BCUT2D eigenvalue weighted by atomic mass is 127. The number of hydrogen-bond donors (Lipinski definition) is 0. The van der Waals surface area contributed by atoms with E-state index < -0.39 is 17.7 Å². The van der Waals surface area contributed by atoms with Crippen LogP contribution in [0.25, 0.3) is 10.9 Å². The van der Waals surface area contributed by atoms with Gasteiger partial charge in [-0.15, -0.1) is 0 Å². The van der Waals surface area contributed by atoms with Crippen LogP contribution in [0.5, 0.6) is 0 Å². The fraction of sp³-hybridized carbons (Fsp3) is 0.100. The number of benzene rings is 1. The van der Waals surface area contributed by atoms with Crippen LogP contribution in [-0.2, 0) is 6.18 Å². The molecule has 17 heavy (non-hydrogen) atoms. The lowest BCUT2D eigenvalue weighted by atomic mass is 10.2. The van der Waals surface area contributed by atoms with E-state index in [-0.39, 0.29) is 13.6 Å². The van der Waals surface area contributed by atoms with E-state index in [2.05, 4.69) is 20.9 Å². The van der Waals surface area contributed by atoms with Crippen LogP contribution in [0.15, 0.2) is 22.7 Å². The van der Waals surface area contributed by atoms with Gasteiger partial charge in [-0.05, 0) is 40.8 Å². The summed E-state index contributed by atoms with van der Waals surface area (Å²) in [4.78, 5) is 3.48. The lowest BCUT2D eigenvalue weighted by Gasteiger charge is -2.09. The molecule has 1 nitrogen and oxygen atoms in total. The molecule has 0 amide bonds. The van der Waals surface area contributed by atoms with Crippen LogP contribution in [0.4, 0.5) is 17.6 Å². The fourth-order valence-corrected chi connectivity index (χ4v) is 2.31. The molecule has 0 spiro atoms. The molecule has 2 aromatic rings. The number of rotatable bonds is 0. The Morgan fingerprint density at radius 3 is 2.41 bits per heavy atom. The average molecular weight is 420 g/mol. The quantitative estimate of drug-likeness (QED) is 0.443. The maximum absolute atomic E-state index is 13.3. The summed E-state index contributed by atoms with van der Waals surface area (Å²) in [6.07, 6.45) is -4.52. The third kappa shape index (κ3) is 2.54. The van der Waals surface area contributed by atoms with Gasteiger partial charge in [0.2, 0.25) is 0 Å². The van der Waals surface area contributed by atoms with Gasteiger partial charge in [-0.25, -0.2) is 9.37 Å². The molecule has 7 heteroatoms. The molecule has 0 bridgehead atoms. The molecule has 90 valence electrons. The maximum atomic E-state index is 13.3. The third-order valence-corrected chi connectivity index (χ3v) is 3.57. The van der Waals surface area contributed by atoms with Gasteiger partial charge in [0.1, 0.15) is 11.5 Å². The summed E-state index contributed by atoms with van der Waals surface area (Å²) < 4.78 is 51.2. The topological polar surface area (TPSA) is 12.9 Å². The van der Waals surface area contributed by atoms with Gasteiger partial charge in [0.25, 0.3) is 0 Å². The lowest BCUT2D eigenvalue weighted by Crippen LogP contribution is -2.08. The summed E-state index contributed by atoms with van der Waals surface area (Å²) in [6, 6.07) is 3.29. The van der Waals surface area contributed by atoms with Crippen LogP contribution in [0.1, 0.15) is 5.69 Å². The standard InChI is InChI=1S/C10H3BrF4IN/c11-5-2-9(10(13,14)15)17-8-3-7(16)6(12)1-4(5)8/h1-3H. The van der Waals surface area contributed by atoms with Gasteiger partial charge in [0.15, 0.2) is 0 Å². The van der Waals surface area contributed by atoms with E-state index in [1.807, 2.05) is 0 Å². The van der Waals surface area contributed by atoms with Crippen molar-refractivity contribution in [3.05, 3.63) is 37.8 Å². The van der Waals surface area contributed by atoms with Crippen molar-refractivity contribution < 1.29 is 17.6 Å². The molecule has 0 saturated carbocycles. The van der Waals surface area contributed by atoms with Crippen molar-refractivity contribution in [1.82, 2.24) is 4.98 Å². The van der Waals surface area contributed by atoms with Crippen molar-refractivity contribution >= 4 is 49.4 Å². The summed E-state index contributed by atoms with van der Waals surface area (Å²) in [6.45, 7) is 0. The Hall–Kier alpha value is -0.440. The van der Waals surface area contributed by atoms with E-state index >= 15 is 0 Å². The van der Waals surface area contributed by atoms with Gasteiger partial charge in [0, 0.05) is 9.86 Å². The molecule has 0 N–H and O–H groups in total. The second-order valence-electron chi connectivity index (χ2n) is 3.27. The minimum atomic E-state index is -4.52. The zero-order valence-corrected chi connectivity index (χ0v) is 11.7. The van der Waals surface area contributed by atoms with Gasteiger partial charge in [0.05, 0.1) is 9.09 Å². The van der Waals surface area contributed by atoms with Crippen molar-refractivity contribution in [2.75, 3.05) is 0 Å². The molecule has 0 atom stereocenters. The first-order chi connectivity index (χ1) is 7.79. The first-order valence-corrected chi connectivity index (χ1v) is 6.18. The number of fused-ring (bicyclic) bond motifs is 1. The number of aromatic nitrogens is 1. The Morgan fingerprint density at radius 2 is 1.82 bits per heavy atom. The first kappa shape index (κ1) is 13.0. The number of alkyl halides is 3. The Balaban J connectivity index is 2.78. The molecule has 0 aliphatic carbocycles. The summed E-state index contributed by atoms with van der Waals surface area (Å²) >= 11 is 4.69. The van der Waals surface area contributed by atoms with E-state index in [1.165, 1.54) is 6.07 Å². The van der Waals surface area contributed by atoms with Crippen molar-refractivity contribution in [3.8, 4) is 0 Å². The largest absolute Gasteiger partial charge is 0.433 e. The summed E-state index contributed by atoms with van der Waals surface area (Å²) in [5, 5.41) is 0.316. The summed E-state index contributed by atoms with van der Waals surface area (Å²) in [7, 11) is 0.